The SMILES string of the molecule is COc1cccc2c(CN3C(=O)N(c4ccc(S(=O)(=O)C(F)(F)F)cc4)C(=O)C34CC4)ccnc12. The number of urea groups is 1. The standard InChI is InChI=1S/C23H18F3N3O5S/c1-34-18-4-2-3-17-14(9-12-27-19(17)18)13-28-21(31)29(20(30)22(28)10-11-22)15-5-7-16(8-6-15)35(32,33)23(24,25)26/h2-9,12H,10-11,13H2,1H3. The molecule has 2 fully saturated rings. The molecule has 2 aliphatic rings. The number of amides is 3. The van der Waals surface area contributed by atoms with Crippen molar-refractivity contribution in [2.24, 2.45) is 0 Å². The summed E-state index contributed by atoms with van der Waals surface area (Å²) in [5.41, 5.74) is -5.15. The zero-order chi connectivity index (χ0) is 25.2. The molecule has 3 aromatic rings. The van der Waals surface area contributed by atoms with Crippen LogP contribution in [-0.2, 0) is 21.2 Å². The maximum absolute atomic E-state index is 13.4. The van der Waals surface area contributed by atoms with E-state index in [4.69, 9.17) is 4.74 Å². The van der Waals surface area contributed by atoms with Crippen LogP contribution < -0.4 is 9.64 Å². The second-order valence-electron chi connectivity index (χ2n) is 8.31. The number of carbonyl (C=O) groups is 2. The molecule has 0 unspecified atom stereocenters. The molecule has 0 radical (unpaired) electrons. The molecule has 2 aromatic carbocycles. The molecular formula is C23H18F3N3O5S. The zero-order valence-electron chi connectivity index (χ0n) is 18.2. The average molecular weight is 505 g/mol. The van der Waals surface area contributed by atoms with E-state index in [1.807, 2.05) is 6.07 Å². The number of ether oxygens (including phenoxy) is 1. The molecule has 2 heterocycles. The largest absolute Gasteiger partial charge is 0.501 e. The number of carbonyl (C=O) groups excluding carboxylic acids is 2. The molecule has 3 amide bonds. The Labute approximate surface area is 197 Å². The Bertz CT molecular complexity index is 1470. The van der Waals surface area contributed by atoms with Crippen LogP contribution in [0, 0.1) is 0 Å². The van der Waals surface area contributed by atoms with E-state index in [9.17, 15) is 31.2 Å². The van der Waals surface area contributed by atoms with Crippen molar-refractivity contribution in [3.05, 3.63) is 60.3 Å². The second kappa shape index (κ2) is 7.67. The third-order valence-corrected chi connectivity index (χ3v) is 7.85. The normalized spacial score (nSPS) is 17.5. The van der Waals surface area contributed by atoms with Gasteiger partial charge in [-0.05, 0) is 54.8 Å². The van der Waals surface area contributed by atoms with Crippen LogP contribution in [0.4, 0.5) is 23.7 Å². The number of hydrogen-bond acceptors (Lipinski definition) is 6. The second-order valence-corrected chi connectivity index (χ2v) is 10.3. The number of fused-ring (bicyclic) bond motifs is 1. The summed E-state index contributed by atoms with van der Waals surface area (Å²) in [6.07, 6.45) is 2.47. The summed E-state index contributed by atoms with van der Waals surface area (Å²) in [6.45, 7) is 0.105. The van der Waals surface area contributed by atoms with Gasteiger partial charge in [-0.3, -0.25) is 9.78 Å². The Morgan fingerprint density at radius 1 is 1.06 bits per heavy atom. The number of sulfone groups is 1. The number of rotatable bonds is 5. The average Bonchev–Trinajstić information content (AvgIpc) is 3.60. The van der Waals surface area contributed by atoms with E-state index < -0.39 is 37.7 Å². The summed E-state index contributed by atoms with van der Waals surface area (Å²) in [6, 6.07) is 10.0. The van der Waals surface area contributed by atoms with Gasteiger partial charge in [-0.25, -0.2) is 18.1 Å². The molecule has 1 saturated heterocycles. The van der Waals surface area contributed by atoms with Gasteiger partial charge in [0.2, 0.25) is 0 Å². The number of methoxy groups -OCH3 is 1. The number of halogens is 3. The van der Waals surface area contributed by atoms with E-state index >= 15 is 0 Å². The fraction of sp³-hybridized carbons (Fsp3) is 0.261. The molecular weight excluding hydrogens is 487 g/mol. The topological polar surface area (TPSA) is 96.9 Å². The predicted molar refractivity (Wildman–Crippen MR) is 118 cm³/mol. The van der Waals surface area contributed by atoms with Gasteiger partial charge in [-0.15, -0.1) is 0 Å². The number of imide groups is 1. The first-order valence-electron chi connectivity index (χ1n) is 10.5. The number of alkyl halides is 3. The Balaban J connectivity index is 1.48. The molecule has 1 spiro atoms. The van der Waals surface area contributed by atoms with Gasteiger partial charge in [0.05, 0.1) is 17.7 Å². The number of aromatic nitrogens is 1. The fourth-order valence-electron chi connectivity index (χ4n) is 4.35. The van der Waals surface area contributed by atoms with E-state index in [1.165, 1.54) is 12.0 Å². The van der Waals surface area contributed by atoms with Crippen LogP contribution in [0.1, 0.15) is 18.4 Å². The Hall–Kier alpha value is -3.67. The highest BCUT2D eigenvalue weighted by molar-refractivity contribution is 7.92. The van der Waals surface area contributed by atoms with Crippen molar-refractivity contribution < 1.29 is 35.9 Å². The molecule has 35 heavy (non-hydrogen) atoms. The molecule has 1 aromatic heterocycles. The van der Waals surface area contributed by atoms with Crippen LogP contribution in [-0.4, -0.2) is 48.4 Å². The van der Waals surface area contributed by atoms with Crippen molar-refractivity contribution in [1.29, 1.82) is 0 Å². The summed E-state index contributed by atoms with van der Waals surface area (Å²) in [5.74, 6) is 0.0645. The van der Waals surface area contributed by atoms with Gasteiger partial charge in [0.15, 0.2) is 0 Å². The smallest absolute Gasteiger partial charge is 0.494 e. The lowest BCUT2D eigenvalue weighted by Gasteiger charge is -2.22. The minimum atomic E-state index is -5.55. The predicted octanol–water partition coefficient (Wildman–Crippen LogP) is 4.04. The first kappa shape index (κ1) is 23.1. The number of pyridine rings is 1. The van der Waals surface area contributed by atoms with Gasteiger partial charge in [-0.1, -0.05) is 12.1 Å². The quantitative estimate of drug-likeness (QED) is 0.486. The van der Waals surface area contributed by atoms with Crippen molar-refractivity contribution in [2.75, 3.05) is 12.0 Å². The molecule has 1 saturated carbocycles. The molecule has 8 nitrogen and oxygen atoms in total. The highest BCUT2D eigenvalue weighted by atomic mass is 32.2. The van der Waals surface area contributed by atoms with Gasteiger partial charge in [-0.2, -0.15) is 13.2 Å². The lowest BCUT2D eigenvalue weighted by molar-refractivity contribution is -0.120. The number of para-hydroxylation sites is 1. The third-order valence-electron chi connectivity index (χ3n) is 6.35. The molecule has 182 valence electrons. The summed E-state index contributed by atoms with van der Waals surface area (Å²) < 4.78 is 67.2. The van der Waals surface area contributed by atoms with Crippen LogP contribution in [0.3, 0.4) is 0 Å². The van der Waals surface area contributed by atoms with Crippen molar-refractivity contribution in [3.63, 3.8) is 0 Å². The maximum atomic E-state index is 13.4. The van der Waals surface area contributed by atoms with E-state index in [0.29, 0.717) is 24.1 Å². The summed E-state index contributed by atoms with van der Waals surface area (Å²) in [7, 11) is -4.03. The monoisotopic (exact) mass is 505 g/mol. The fourth-order valence-corrected chi connectivity index (χ4v) is 5.11. The van der Waals surface area contributed by atoms with Gasteiger partial charge in [0.1, 0.15) is 16.8 Å². The van der Waals surface area contributed by atoms with Gasteiger partial charge >= 0.3 is 11.5 Å². The lowest BCUT2D eigenvalue weighted by atomic mass is 10.1. The van der Waals surface area contributed by atoms with Gasteiger partial charge in [0.25, 0.3) is 15.7 Å². The van der Waals surface area contributed by atoms with Crippen LogP contribution in [0.25, 0.3) is 10.9 Å². The van der Waals surface area contributed by atoms with E-state index in [2.05, 4.69) is 4.98 Å². The first-order chi connectivity index (χ1) is 16.5. The minimum Gasteiger partial charge on any atom is -0.494 e. The summed E-state index contributed by atoms with van der Waals surface area (Å²) in [5, 5.41) is 0.753. The van der Waals surface area contributed by atoms with Crippen LogP contribution in [0.5, 0.6) is 5.75 Å². The number of nitrogens with zero attached hydrogens (tertiary/aromatic N) is 3. The third kappa shape index (κ3) is 3.42. The van der Waals surface area contributed by atoms with Crippen molar-refractivity contribution in [2.45, 2.75) is 35.3 Å². The number of benzene rings is 2. The van der Waals surface area contributed by atoms with Crippen molar-refractivity contribution in [1.82, 2.24) is 9.88 Å². The highest BCUT2D eigenvalue weighted by Gasteiger charge is 2.65. The van der Waals surface area contributed by atoms with Crippen LogP contribution >= 0.6 is 0 Å². The molecule has 1 aliphatic carbocycles. The highest BCUT2D eigenvalue weighted by Crippen LogP contribution is 2.50. The molecule has 0 atom stereocenters. The Morgan fingerprint density at radius 3 is 2.34 bits per heavy atom. The molecule has 0 bridgehead atoms. The van der Waals surface area contributed by atoms with E-state index in [-0.39, 0.29) is 12.2 Å². The lowest BCUT2D eigenvalue weighted by Crippen LogP contribution is -2.36. The number of hydrogen-bond donors (Lipinski definition) is 0. The van der Waals surface area contributed by atoms with E-state index in [1.54, 1.807) is 24.4 Å². The number of anilines is 1. The molecule has 12 heteroatoms. The van der Waals surface area contributed by atoms with Gasteiger partial charge < -0.3 is 9.64 Å². The Kier molecular flexibility index (Phi) is 5.06. The van der Waals surface area contributed by atoms with Crippen molar-refractivity contribution >= 4 is 38.4 Å². The van der Waals surface area contributed by atoms with E-state index in [0.717, 1.165) is 40.1 Å². The Morgan fingerprint density at radius 2 is 1.74 bits per heavy atom. The van der Waals surface area contributed by atoms with Gasteiger partial charge in [0, 0.05) is 18.1 Å². The molecule has 1 aliphatic heterocycles. The molecule has 0 N–H and O–H groups in total. The van der Waals surface area contributed by atoms with Crippen LogP contribution in [0.2, 0.25) is 0 Å². The summed E-state index contributed by atoms with van der Waals surface area (Å²) in [4.78, 5) is 32.3. The molecule has 5 rings (SSSR count). The maximum Gasteiger partial charge on any atom is 0.501 e. The first-order valence-corrected chi connectivity index (χ1v) is 12.0. The van der Waals surface area contributed by atoms with Crippen LogP contribution in [0.15, 0.2) is 59.6 Å². The summed E-state index contributed by atoms with van der Waals surface area (Å²) >= 11 is 0. The minimum absolute atomic E-state index is 0.00356. The van der Waals surface area contributed by atoms with Crippen molar-refractivity contribution in [3.8, 4) is 5.75 Å². The zero-order valence-corrected chi connectivity index (χ0v) is 19.1.